The lowest BCUT2D eigenvalue weighted by atomic mass is 10.0. The number of hydrogen-bond acceptors (Lipinski definition) is 3. The van der Waals surface area contributed by atoms with E-state index in [2.05, 4.69) is 46.7 Å². The topological polar surface area (TPSA) is 68.0 Å². The Balaban J connectivity index is 1.63. The van der Waals surface area contributed by atoms with E-state index in [1.54, 1.807) is 6.07 Å². The van der Waals surface area contributed by atoms with Crippen LogP contribution in [0.15, 0.2) is 36.8 Å². The molecule has 3 heterocycles. The van der Waals surface area contributed by atoms with Crippen molar-refractivity contribution in [2.75, 3.05) is 0 Å². The largest absolute Gasteiger partial charge is 0.478 e. The monoisotopic (exact) mass is 349 g/mol. The number of carboxylic acids is 1. The van der Waals surface area contributed by atoms with E-state index in [9.17, 15) is 9.90 Å². The van der Waals surface area contributed by atoms with Crippen molar-refractivity contribution in [3.63, 3.8) is 0 Å². The second kappa shape index (κ2) is 6.56. The lowest BCUT2D eigenvalue weighted by Crippen LogP contribution is -2.07. The summed E-state index contributed by atoms with van der Waals surface area (Å²) >= 11 is 0. The first-order valence-electron chi connectivity index (χ1n) is 9.17. The summed E-state index contributed by atoms with van der Waals surface area (Å²) in [5, 5.41) is 10.6. The summed E-state index contributed by atoms with van der Waals surface area (Å²) in [6.45, 7) is 5.30. The zero-order valence-electron chi connectivity index (χ0n) is 15.1. The highest BCUT2D eigenvalue weighted by atomic mass is 16.4. The second-order valence-electron chi connectivity index (χ2n) is 7.64. The molecule has 1 N–H and O–H groups in total. The molecule has 4 rings (SSSR count). The van der Waals surface area contributed by atoms with Crippen molar-refractivity contribution >= 4 is 17.0 Å². The van der Waals surface area contributed by atoms with Crippen LogP contribution in [0.1, 0.15) is 59.8 Å². The quantitative estimate of drug-likeness (QED) is 0.722. The van der Waals surface area contributed by atoms with Crippen molar-refractivity contribution in [3.05, 3.63) is 59.2 Å². The fraction of sp³-hybridized carbons (Fsp3) is 0.381. The smallest absolute Gasteiger partial charge is 0.337 e. The molecule has 0 aliphatic heterocycles. The molecule has 1 saturated carbocycles. The van der Waals surface area contributed by atoms with Crippen molar-refractivity contribution in [2.45, 2.75) is 45.6 Å². The number of aromatic carboxylic acids is 1. The van der Waals surface area contributed by atoms with Crippen LogP contribution in [0.25, 0.3) is 11.0 Å². The van der Waals surface area contributed by atoms with Gasteiger partial charge in [0.15, 0.2) is 0 Å². The zero-order chi connectivity index (χ0) is 18.3. The predicted molar refractivity (Wildman–Crippen MR) is 101 cm³/mol. The van der Waals surface area contributed by atoms with Crippen LogP contribution >= 0.6 is 0 Å². The molecular weight excluding hydrogens is 326 g/mol. The van der Waals surface area contributed by atoms with Crippen LogP contribution in [0.2, 0.25) is 0 Å². The van der Waals surface area contributed by atoms with Gasteiger partial charge >= 0.3 is 5.97 Å². The van der Waals surface area contributed by atoms with Gasteiger partial charge in [-0.15, -0.1) is 0 Å². The Morgan fingerprint density at radius 1 is 1.27 bits per heavy atom. The number of nitrogens with zero attached hydrogens (tertiary/aromatic N) is 3. The SMILES string of the molecule is CC(C)Cn1ccc2cc(Cc3ncc(C4CC4)cc3C(=O)O)cnc21. The summed E-state index contributed by atoms with van der Waals surface area (Å²) in [4.78, 5) is 20.7. The van der Waals surface area contributed by atoms with E-state index >= 15 is 0 Å². The van der Waals surface area contributed by atoms with Crippen LogP contribution in [-0.4, -0.2) is 25.6 Å². The van der Waals surface area contributed by atoms with Gasteiger partial charge < -0.3 is 9.67 Å². The van der Waals surface area contributed by atoms with Gasteiger partial charge in [-0.3, -0.25) is 4.98 Å². The highest BCUT2D eigenvalue weighted by Crippen LogP contribution is 2.40. The number of carboxylic acid groups (broad SMARTS) is 1. The van der Waals surface area contributed by atoms with Crippen LogP contribution < -0.4 is 0 Å². The lowest BCUT2D eigenvalue weighted by molar-refractivity contribution is 0.0695. The molecule has 5 nitrogen and oxygen atoms in total. The zero-order valence-corrected chi connectivity index (χ0v) is 15.1. The maximum atomic E-state index is 11.7. The maximum Gasteiger partial charge on any atom is 0.337 e. The minimum absolute atomic E-state index is 0.312. The van der Waals surface area contributed by atoms with Crippen molar-refractivity contribution in [1.82, 2.24) is 14.5 Å². The molecule has 1 fully saturated rings. The molecule has 1 aliphatic rings. The summed E-state index contributed by atoms with van der Waals surface area (Å²) in [6.07, 6.45) is 8.48. The van der Waals surface area contributed by atoms with E-state index in [4.69, 9.17) is 0 Å². The Morgan fingerprint density at radius 3 is 2.77 bits per heavy atom. The van der Waals surface area contributed by atoms with Gasteiger partial charge in [0, 0.05) is 36.9 Å². The number of hydrogen-bond donors (Lipinski definition) is 1. The van der Waals surface area contributed by atoms with Gasteiger partial charge in [-0.1, -0.05) is 13.8 Å². The van der Waals surface area contributed by atoms with Crippen LogP contribution in [0.4, 0.5) is 0 Å². The van der Waals surface area contributed by atoms with Crippen molar-refractivity contribution < 1.29 is 9.90 Å². The molecule has 0 bridgehead atoms. The Kier molecular flexibility index (Phi) is 4.23. The van der Waals surface area contributed by atoms with E-state index in [0.29, 0.717) is 29.5 Å². The Bertz CT molecular complexity index is 971. The second-order valence-corrected chi connectivity index (χ2v) is 7.64. The fourth-order valence-corrected chi connectivity index (χ4v) is 3.43. The first-order chi connectivity index (χ1) is 12.5. The first-order valence-corrected chi connectivity index (χ1v) is 9.17. The molecular formula is C21H23N3O2. The highest BCUT2D eigenvalue weighted by molar-refractivity contribution is 5.89. The summed E-state index contributed by atoms with van der Waals surface area (Å²) in [7, 11) is 0. The molecule has 3 aromatic heterocycles. The van der Waals surface area contributed by atoms with Crippen LogP contribution in [-0.2, 0) is 13.0 Å². The Labute approximate surface area is 152 Å². The number of carbonyl (C=O) groups is 1. The molecule has 0 radical (unpaired) electrons. The maximum absolute atomic E-state index is 11.7. The molecule has 0 aromatic carbocycles. The third kappa shape index (κ3) is 3.34. The van der Waals surface area contributed by atoms with Crippen LogP contribution in [0.5, 0.6) is 0 Å². The molecule has 0 amide bonds. The fourth-order valence-electron chi connectivity index (χ4n) is 3.43. The van der Waals surface area contributed by atoms with Gasteiger partial charge in [0.25, 0.3) is 0 Å². The third-order valence-electron chi connectivity index (χ3n) is 4.86. The van der Waals surface area contributed by atoms with Crippen molar-refractivity contribution in [2.24, 2.45) is 5.92 Å². The Morgan fingerprint density at radius 2 is 2.08 bits per heavy atom. The summed E-state index contributed by atoms with van der Waals surface area (Å²) in [5.41, 5.74) is 3.91. The molecule has 3 aromatic rings. The highest BCUT2D eigenvalue weighted by Gasteiger charge is 2.25. The molecule has 0 spiro atoms. The number of aromatic nitrogens is 3. The number of pyridine rings is 2. The Hall–Kier alpha value is -2.69. The summed E-state index contributed by atoms with van der Waals surface area (Å²) in [5.74, 6) is 0.139. The van der Waals surface area contributed by atoms with Crippen molar-refractivity contribution in [3.8, 4) is 0 Å². The minimum Gasteiger partial charge on any atom is -0.478 e. The molecule has 26 heavy (non-hydrogen) atoms. The normalized spacial score (nSPS) is 14.3. The van der Waals surface area contributed by atoms with E-state index in [1.807, 2.05) is 12.4 Å². The number of rotatable bonds is 6. The van der Waals surface area contributed by atoms with Crippen LogP contribution in [0, 0.1) is 5.92 Å². The van der Waals surface area contributed by atoms with Gasteiger partial charge in [-0.05, 0) is 54.0 Å². The predicted octanol–water partition coefficient (Wildman–Crippen LogP) is 4.25. The van der Waals surface area contributed by atoms with Gasteiger partial charge in [0.2, 0.25) is 0 Å². The average Bonchev–Trinajstić information content (AvgIpc) is 3.38. The third-order valence-corrected chi connectivity index (χ3v) is 4.86. The number of fused-ring (bicyclic) bond motifs is 1. The molecule has 134 valence electrons. The molecule has 0 atom stereocenters. The molecule has 1 aliphatic carbocycles. The minimum atomic E-state index is -0.910. The van der Waals surface area contributed by atoms with Gasteiger partial charge in [0.05, 0.1) is 11.3 Å². The van der Waals surface area contributed by atoms with E-state index in [1.165, 1.54) is 0 Å². The standard InChI is InChI=1S/C21H23N3O2/c1-13(2)12-24-6-5-16-7-14(10-23-20(16)24)8-19-18(21(25)26)9-17(11-22-19)15-3-4-15/h5-7,9-11,13,15H,3-4,8,12H2,1-2H3,(H,25,26). The molecule has 0 saturated heterocycles. The van der Waals surface area contributed by atoms with Crippen molar-refractivity contribution in [1.29, 1.82) is 0 Å². The van der Waals surface area contributed by atoms with E-state index < -0.39 is 5.97 Å². The van der Waals surface area contributed by atoms with Gasteiger partial charge in [-0.25, -0.2) is 9.78 Å². The molecule has 5 heteroatoms. The van der Waals surface area contributed by atoms with Crippen LogP contribution in [0.3, 0.4) is 0 Å². The van der Waals surface area contributed by atoms with Gasteiger partial charge in [-0.2, -0.15) is 0 Å². The van der Waals surface area contributed by atoms with E-state index in [-0.39, 0.29) is 0 Å². The lowest BCUT2D eigenvalue weighted by Gasteiger charge is -2.09. The summed E-state index contributed by atoms with van der Waals surface area (Å²) in [6, 6.07) is 5.95. The first kappa shape index (κ1) is 16.8. The molecule has 0 unspecified atom stereocenters. The van der Waals surface area contributed by atoms with Gasteiger partial charge in [0.1, 0.15) is 5.65 Å². The average molecular weight is 349 g/mol. The summed E-state index contributed by atoms with van der Waals surface area (Å²) < 4.78 is 2.16. The van der Waals surface area contributed by atoms with E-state index in [0.717, 1.165) is 41.5 Å².